The number of cyclic esters (lactones) is 1. The number of halogens is 2. The summed E-state index contributed by atoms with van der Waals surface area (Å²) in [5.41, 5.74) is 0.915. The van der Waals surface area contributed by atoms with Crippen LogP contribution in [-0.4, -0.2) is 11.9 Å². The Kier molecular flexibility index (Phi) is 4.91. The van der Waals surface area contributed by atoms with Crippen LogP contribution in [0.5, 0.6) is 11.5 Å². The fourth-order valence-electron chi connectivity index (χ4n) is 2.62. The van der Waals surface area contributed by atoms with Crippen molar-refractivity contribution in [2.75, 3.05) is 0 Å². The number of rotatable bonds is 4. The molecule has 0 bridgehead atoms. The first-order valence-corrected chi connectivity index (χ1v) is 8.77. The van der Waals surface area contributed by atoms with Crippen molar-refractivity contribution in [1.29, 1.82) is 0 Å². The molecule has 0 amide bonds. The van der Waals surface area contributed by atoms with Gasteiger partial charge in [-0.3, -0.25) is 0 Å². The Morgan fingerprint density at radius 3 is 2.54 bits per heavy atom. The molecule has 1 aliphatic rings. The first-order chi connectivity index (χ1) is 13.6. The SMILES string of the molecule is O=C1OC(c2ccccc2F)=N/C1=C/c1cccc(Oc2ccc(Cl)cc2)c1. The summed E-state index contributed by atoms with van der Waals surface area (Å²) in [6, 6.07) is 20.1. The zero-order chi connectivity index (χ0) is 19.5. The molecule has 3 aromatic rings. The predicted molar refractivity (Wildman–Crippen MR) is 105 cm³/mol. The second-order valence-electron chi connectivity index (χ2n) is 5.94. The molecule has 0 atom stereocenters. The van der Waals surface area contributed by atoms with Crippen LogP contribution in [0.1, 0.15) is 11.1 Å². The highest BCUT2D eigenvalue weighted by atomic mass is 35.5. The van der Waals surface area contributed by atoms with Gasteiger partial charge in [-0.25, -0.2) is 14.2 Å². The topological polar surface area (TPSA) is 47.9 Å². The van der Waals surface area contributed by atoms with Crippen molar-refractivity contribution >= 4 is 29.5 Å². The fourth-order valence-corrected chi connectivity index (χ4v) is 2.75. The molecule has 3 aromatic carbocycles. The van der Waals surface area contributed by atoms with Gasteiger partial charge in [0.1, 0.15) is 17.3 Å². The Balaban J connectivity index is 1.59. The van der Waals surface area contributed by atoms with Crippen molar-refractivity contribution in [2.24, 2.45) is 4.99 Å². The van der Waals surface area contributed by atoms with Crippen molar-refractivity contribution < 1.29 is 18.7 Å². The average Bonchev–Trinajstić information content (AvgIpc) is 3.04. The van der Waals surface area contributed by atoms with Crippen LogP contribution in [0.25, 0.3) is 6.08 Å². The van der Waals surface area contributed by atoms with E-state index in [0.717, 1.165) is 0 Å². The molecule has 6 heteroatoms. The normalized spacial score (nSPS) is 14.7. The second kappa shape index (κ2) is 7.66. The molecule has 0 radical (unpaired) electrons. The summed E-state index contributed by atoms with van der Waals surface area (Å²) in [6.45, 7) is 0. The van der Waals surface area contributed by atoms with Crippen molar-refractivity contribution in [2.45, 2.75) is 0 Å². The molecule has 0 fully saturated rings. The van der Waals surface area contributed by atoms with Gasteiger partial charge in [-0.15, -0.1) is 0 Å². The van der Waals surface area contributed by atoms with Gasteiger partial charge in [0.2, 0.25) is 5.90 Å². The Morgan fingerprint density at radius 2 is 1.75 bits per heavy atom. The number of nitrogens with zero attached hydrogens (tertiary/aromatic N) is 1. The summed E-state index contributed by atoms with van der Waals surface area (Å²) in [5.74, 6) is 0.0227. The largest absolute Gasteiger partial charge is 0.457 e. The highest BCUT2D eigenvalue weighted by Gasteiger charge is 2.25. The number of aliphatic imine (C=N–C) groups is 1. The number of carbonyl (C=O) groups excluding carboxylic acids is 1. The molecule has 138 valence electrons. The summed E-state index contributed by atoms with van der Waals surface area (Å²) in [4.78, 5) is 16.2. The summed E-state index contributed by atoms with van der Waals surface area (Å²) in [7, 11) is 0. The van der Waals surface area contributed by atoms with Crippen LogP contribution in [0.15, 0.2) is 83.5 Å². The molecular weight excluding hydrogens is 381 g/mol. The number of carbonyl (C=O) groups is 1. The van der Waals surface area contributed by atoms with Crippen molar-refractivity contribution in [3.63, 3.8) is 0 Å². The quantitative estimate of drug-likeness (QED) is 0.427. The number of benzene rings is 3. The van der Waals surface area contributed by atoms with Gasteiger partial charge in [0, 0.05) is 5.02 Å². The molecule has 0 saturated heterocycles. The Labute approximate surface area is 165 Å². The Morgan fingerprint density at radius 1 is 0.964 bits per heavy atom. The van der Waals surface area contributed by atoms with E-state index in [-0.39, 0.29) is 17.2 Å². The van der Waals surface area contributed by atoms with E-state index in [9.17, 15) is 9.18 Å². The lowest BCUT2D eigenvalue weighted by atomic mass is 10.2. The van der Waals surface area contributed by atoms with Crippen molar-refractivity contribution in [3.05, 3.63) is 100 Å². The van der Waals surface area contributed by atoms with Crippen LogP contribution in [-0.2, 0) is 9.53 Å². The standard InChI is InChI=1S/C22H13ClFNO3/c23-15-8-10-16(11-9-15)27-17-5-3-4-14(12-17)13-20-22(26)28-21(25-20)18-6-1-2-7-19(18)24/h1-13H/b20-13+. The van der Waals surface area contributed by atoms with Crippen LogP contribution in [0.3, 0.4) is 0 Å². The summed E-state index contributed by atoms with van der Waals surface area (Å²) >= 11 is 5.87. The molecule has 1 aliphatic heterocycles. The van der Waals surface area contributed by atoms with E-state index < -0.39 is 11.8 Å². The third-order valence-electron chi connectivity index (χ3n) is 3.94. The third kappa shape index (κ3) is 3.94. The molecule has 0 aromatic heterocycles. The average molecular weight is 394 g/mol. The van der Waals surface area contributed by atoms with Gasteiger partial charge in [-0.05, 0) is 60.2 Å². The van der Waals surface area contributed by atoms with E-state index in [1.807, 2.05) is 0 Å². The predicted octanol–water partition coefficient (Wildman–Crippen LogP) is 5.62. The lowest BCUT2D eigenvalue weighted by molar-refractivity contribution is -0.129. The molecular formula is C22H13ClFNO3. The second-order valence-corrected chi connectivity index (χ2v) is 6.38. The maximum Gasteiger partial charge on any atom is 0.363 e. The van der Waals surface area contributed by atoms with E-state index in [1.54, 1.807) is 66.7 Å². The number of hydrogen-bond acceptors (Lipinski definition) is 4. The van der Waals surface area contributed by atoms with Crippen LogP contribution >= 0.6 is 11.6 Å². The molecule has 4 rings (SSSR count). The smallest absolute Gasteiger partial charge is 0.363 e. The molecule has 0 saturated carbocycles. The highest BCUT2D eigenvalue weighted by molar-refractivity contribution is 6.30. The van der Waals surface area contributed by atoms with Gasteiger partial charge in [0.15, 0.2) is 5.70 Å². The maximum absolute atomic E-state index is 13.9. The summed E-state index contributed by atoms with van der Waals surface area (Å²) in [5, 5.41) is 0.620. The first kappa shape index (κ1) is 17.9. The summed E-state index contributed by atoms with van der Waals surface area (Å²) < 4.78 is 24.8. The minimum Gasteiger partial charge on any atom is -0.457 e. The molecule has 0 aliphatic carbocycles. The Bertz CT molecular complexity index is 1110. The maximum atomic E-state index is 13.9. The molecule has 0 unspecified atom stereocenters. The Hall–Kier alpha value is -3.44. The van der Waals surface area contributed by atoms with E-state index in [1.165, 1.54) is 12.1 Å². The van der Waals surface area contributed by atoms with Gasteiger partial charge < -0.3 is 9.47 Å². The lowest BCUT2D eigenvalue weighted by Crippen LogP contribution is -2.07. The van der Waals surface area contributed by atoms with Crippen LogP contribution in [0.4, 0.5) is 4.39 Å². The molecule has 0 spiro atoms. The lowest BCUT2D eigenvalue weighted by Gasteiger charge is -2.06. The zero-order valence-corrected chi connectivity index (χ0v) is 15.2. The fraction of sp³-hybridized carbons (Fsp3) is 0. The van der Waals surface area contributed by atoms with Crippen molar-refractivity contribution in [1.82, 2.24) is 0 Å². The van der Waals surface area contributed by atoms with E-state index in [0.29, 0.717) is 22.1 Å². The van der Waals surface area contributed by atoms with E-state index in [2.05, 4.69) is 4.99 Å². The molecule has 0 N–H and O–H groups in total. The van der Waals surface area contributed by atoms with Crippen LogP contribution in [0, 0.1) is 5.82 Å². The molecule has 28 heavy (non-hydrogen) atoms. The first-order valence-electron chi connectivity index (χ1n) is 8.39. The van der Waals surface area contributed by atoms with Crippen molar-refractivity contribution in [3.8, 4) is 11.5 Å². The molecule has 1 heterocycles. The summed E-state index contributed by atoms with van der Waals surface area (Å²) in [6.07, 6.45) is 1.56. The van der Waals surface area contributed by atoms with Crippen LogP contribution < -0.4 is 4.74 Å². The van der Waals surface area contributed by atoms with Gasteiger partial charge in [0.05, 0.1) is 5.56 Å². The van der Waals surface area contributed by atoms with Gasteiger partial charge >= 0.3 is 5.97 Å². The number of ether oxygens (including phenoxy) is 2. The van der Waals surface area contributed by atoms with Gasteiger partial charge in [0.25, 0.3) is 0 Å². The minimum absolute atomic E-state index is 0.0529. The third-order valence-corrected chi connectivity index (χ3v) is 4.19. The van der Waals surface area contributed by atoms with E-state index >= 15 is 0 Å². The van der Waals surface area contributed by atoms with Crippen LogP contribution in [0.2, 0.25) is 5.02 Å². The van der Waals surface area contributed by atoms with E-state index in [4.69, 9.17) is 21.1 Å². The highest BCUT2D eigenvalue weighted by Crippen LogP contribution is 2.26. The molecule has 4 nitrogen and oxygen atoms in total. The van der Waals surface area contributed by atoms with Gasteiger partial charge in [-0.2, -0.15) is 0 Å². The van der Waals surface area contributed by atoms with Gasteiger partial charge in [-0.1, -0.05) is 35.9 Å². The minimum atomic E-state index is -0.637. The number of esters is 1. The monoisotopic (exact) mass is 393 g/mol. The number of hydrogen-bond donors (Lipinski definition) is 0. The zero-order valence-electron chi connectivity index (χ0n) is 14.4.